The van der Waals surface area contributed by atoms with Gasteiger partial charge >= 0.3 is 12.1 Å². The number of hydrogen-bond donors (Lipinski definition) is 3. The van der Waals surface area contributed by atoms with Gasteiger partial charge in [0, 0.05) is 12.0 Å². The highest BCUT2D eigenvalue weighted by atomic mass is 16.5. The minimum absolute atomic E-state index is 0.0744. The van der Waals surface area contributed by atoms with Gasteiger partial charge in [0.1, 0.15) is 12.1 Å². The zero-order valence-electron chi connectivity index (χ0n) is 19.9. The fraction of sp³-hybridized carbons (Fsp3) is 0.444. The number of rotatable bonds is 7. The molecular formula is C27H32N2O5. The maximum atomic E-state index is 13.1. The Morgan fingerprint density at radius 3 is 2.24 bits per heavy atom. The zero-order valence-corrected chi connectivity index (χ0v) is 19.9. The number of carbonyl (C=O) groups excluding carboxylic acids is 2. The summed E-state index contributed by atoms with van der Waals surface area (Å²) >= 11 is 0. The Hall–Kier alpha value is -3.35. The van der Waals surface area contributed by atoms with Crippen molar-refractivity contribution in [2.24, 2.45) is 5.41 Å². The molecule has 0 bridgehead atoms. The third kappa shape index (κ3) is 4.15. The van der Waals surface area contributed by atoms with Crippen LogP contribution in [0.15, 0.2) is 48.5 Å². The molecule has 3 N–H and O–H groups in total. The molecule has 2 aromatic carbocycles. The summed E-state index contributed by atoms with van der Waals surface area (Å²) < 4.78 is 5.61. The smallest absolute Gasteiger partial charge is 0.408 e. The van der Waals surface area contributed by atoms with Gasteiger partial charge in [0.25, 0.3) is 0 Å². The molecule has 180 valence electrons. The molecule has 7 nitrogen and oxygen atoms in total. The first-order valence-electron chi connectivity index (χ1n) is 11.9. The second-order valence-electron chi connectivity index (χ2n) is 9.78. The van der Waals surface area contributed by atoms with E-state index in [0.717, 1.165) is 28.7 Å². The Bertz CT molecular complexity index is 1070. The van der Waals surface area contributed by atoms with Crippen LogP contribution in [-0.2, 0) is 14.3 Å². The molecule has 3 unspecified atom stereocenters. The van der Waals surface area contributed by atoms with Crippen molar-refractivity contribution in [3.8, 4) is 11.1 Å². The van der Waals surface area contributed by atoms with E-state index >= 15 is 0 Å². The molecule has 0 aliphatic heterocycles. The monoisotopic (exact) mass is 464 g/mol. The van der Waals surface area contributed by atoms with Gasteiger partial charge in [-0.05, 0) is 55.4 Å². The van der Waals surface area contributed by atoms with Crippen LogP contribution in [0.1, 0.15) is 63.5 Å². The van der Waals surface area contributed by atoms with Crippen LogP contribution < -0.4 is 10.6 Å². The summed E-state index contributed by atoms with van der Waals surface area (Å²) in [7, 11) is 0. The molecule has 1 saturated carbocycles. The van der Waals surface area contributed by atoms with Crippen molar-refractivity contribution in [2.45, 2.75) is 64.0 Å². The Kier molecular flexibility index (Phi) is 6.39. The number of nitrogens with one attached hydrogen (secondary N) is 2. The minimum atomic E-state index is -1.22. The number of fused-ring (bicyclic) bond motifs is 3. The standard InChI is InChI=1S/C27H32N2O5/c1-4-27(3,23(30)28-22-14-9-15-26(22,2)24(31)32)29-25(33)34-16-21-19-12-7-5-10-17(19)18-11-6-8-13-20(18)21/h5-8,10-13,21-22H,4,9,14-16H2,1-3H3,(H,28,30)(H,29,33)(H,31,32). The maximum absolute atomic E-state index is 13.1. The lowest BCUT2D eigenvalue weighted by molar-refractivity contribution is -0.149. The SMILES string of the molecule is CCC(C)(NC(=O)OCC1c2ccccc2-c2ccccc21)C(=O)NC1CCCC1(C)C(=O)O. The lowest BCUT2D eigenvalue weighted by atomic mass is 9.84. The molecule has 2 aromatic rings. The number of carbonyl (C=O) groups is 3. The first kappa shape index (κ1) is 23.8. The molecule has 4 rings (SSSR count). The molecule has 2 aliphatic carbocycles. The van der Waals surface area contributed by atoms with E-state index in [2.05, 4.69) is 22.8 Å². The third-order valence-electron chi connectivity index (χ3n) is 7.68. The lowest BCUT2D eigenvalue weighted by Crippen LogP contribution is -2.60. The first-order chi connectivity index (χ1) is 16.2. The number of benzene rings is 2. The predicted molar refractivity (Wildman–Crippen MR) is 128 cm³/mol. The molecule has 1 fully saturated rings. The van der Waals surface area contributed by atoms with E-state index in [0.29, 0.717) is 19.3 Å². The van der Waals surface area contributed by atoms with Gasteiger partial charge in [0.15, 0.2) is 0 Å². The summed E-state index contributed by atoms with van der Waals surface area (Å²) in [6.45, 7) is 5.25. The van der Waals surface area contributed by atoms with Gasteiger partial charge in [0.2, 0.25) is 5.91 Å². The van der Waals surface area contributed by atoms with Crippen molar-refractivity contribution < 1.29 is 24.2 Å². The van der Waals surface area contributed by atoms with Gasteiger partial charge in [-0.25, -0.2) is 4.79 Å². The average Bonchev–Trinajstić information content (AvgIpc) is 3.36. The van der Waals surface area contributed by atoms with Crippen LogP contribution in [0.3, 0.4) is 0 Å². The van der Waals surface area contributed by atoms with Gasteiger partial charge < -0.3 is 20.5 Å². The molecule has 2 amide bonds. The summed E-state index contributed by atoms with van der Waals surface area (Å²) in [4.78, 5) is 37.6. The fourth-order valence-electron chi connectivity index (χ4n) is 5.14. The highest BCUT2D eigenvalue weighted by Gasteiger charge is 2.47. The van der Waals surface area contributed by atoms with Gasteiger partial charge in [-0.3, -0.25) is 9.59 Å². The summed E-state index contributed by atoms with van der Waals surface area (Å²) in [6.07, 6.45) is 1.50. The number of ether oxygens (including phenoxy) is 1. The first-order valence-corrected chi connectivity index (χ1v) is 11.9. The number of hydrogen-bond acceptors (Lipinski definition) is 4. The molecule has 0 aromatic heterocycles. The quantitative estimate of drug-likeness (QED) is 0.561. The van der Waals surface area contributed by atoms with Gasteiger partial charge in [-0.15, -0.1) is 0 Å². The Morgan fingerprint density at radius 1 is 1.09 bits per heavy atom. The highest BCUT2D eigenvalue weighted by Crippen LogP contribution is 2.44. The van der Waals surface area contributed by atoms with Crippen molar-refractivity contribution in [3.63, 3.8) is 0 Å². The number of aliphatic carboxylic acids is 1. The Morgan fingerprint density at radius 2 is 1.68 bits per heavy atom. The summed E-state index contributed by atoms with van der Waals surface area (Å²) in [5.41, 5.74) is 2.28. The molecule has 0 radical (unpaired) electrons. The summed E-state index contributed by atoms with van der Waals surface area (Å²) in [5.74, 6) is -1.39. The molecule has 0 saturated heterocycles. The molecule has 0 heterocycles. The van der Waals surface area contributed by atoms with E-state index in [9.17, 15) is 19.5 Å². The van der Waals surface area contributed by atoms with E-state index in [1.807, 2.05) is 36.4 Å². The molecule has 7 heteroatoms. The third-order valence-corrected chi connectivity index (χ3v) is 7.68. The molecule has 2 aliphatic rings. The van der Waals surface area contributed by atoms with Crippen molar-refractivity contribution in [2.75, 3.05) is 6.61 Å². The topological polar surface area (TPSA) is 105 Å². The van der Waals surface area contributed by atoms with Crippen LogP contribution in [0, 0.1) is 5.41 Å². The molecule has 0 spiro atoms. The fourth-order valence-corrected chi connectivity index (χ4v) is 5.14. The largest absolute Gasteiger partial charge is 0.481 e. The normalized spacial score (nSPS) is 22.9. The highest BCUT2D eigenvalue weighted by molar-refractivity contribution is 5.90. The number of carboxylic acids is 1. The van der Waals surface area contributed by atoms with Gasteiger partial charge in [-0.1, -0.05) is 61.9 Å². The Labute approximate surface area is 199 Å². The van der Waals surface area contributed by atoms with E-state index in [1.165, 1.54) is 0 Å². The molecular weight excluding hydrogens is 432 g/mol. The van der Waals surface area contributed by atoms with E-state index in [1.54, 1.807) is 20.8 Å². The molecule has 34 heavy (non-hydrogen) atoms. The van der Waals surface area contributed by atoms with Gasteiger partial charge in [0.05, 0.1) is 5.41 Å². The van der Waals surface area contributed by atoms with Crippen molar-refractivity contribution >= 4 is 18.0 Å². The second-order valence-corrected chi connectivity index (χ2v) is 9.78. The van der Waals surface area contributed by atoms with Gasteiger partial charge in [-0.2, -0.15) is 0 Å². The van der Waals surface area contributed by atoms with Crippen LogP contribution in [0.5, 0.6) is 0 Å². The summed E-state index contributed by atoms with van der Waals surface area (Å²) in [5, 5.41) is 15.2. The average molecular weight is 465 g/mol. The van der Waals surface area contributed by atoms with Crippen LogP contribution >= 0.6 is 0 Å². The number of amides is 2. The minimum Gasteiger partial charge on any atom is -0.481 e. The second kappa shape index (κ2) is 9.12. The lowest BCUT2D eigenvalue weighted by Gasteiger charge is -2.33. The zero-order chi connectivity index (χ0) is 24.5. The van der Waals surface area contributed by atoms with Crippen molar-refractivity contribution in [1.82, 2.24) is 10.6 Å². The van der Waals surface area contributed by atoms with Crippen LogP contribution in [-0.4, -0.2) is 41.3 Å². The van der Waals surface area contributed by atoms with Crippen LogP contribution in [0.4, 0.5) is 4.79 Å². The summed E-state index contributed by atoms with van der Waals surface area (Å²) in [6, 6.07) is 15.7. The Balaban J connectivity index is 1.42. The predicted octanol–water partition coefficient (Wildman–Crippen LogP) is 4.45. The van der Waals surface area contributed by atoms with E-state index < -0.39 is 35.0 Å². The number of alkyl carbamates (subject to hydrolysis) is 1. The van der Waals surface area contributed by atoms with Crippen molar-refractivity contribution in [1.29, 1.82) is 0 Å². The van der Waals surface area contributed by atoms with Crippen LogP contribution in [0.2, 0.25) is 0 Å². The van der Waals surface area contributed by atoms with E-state index in [4.69, 9.17) is 4.74 Å². The van der Waals surface area contributed by atoms with Crippen molar-refractivity contribution in [3.05, 3.63) is 59.7 Å². The van der Waals surface area contributed by atoms with E-state index in [-0.39, 0.29) is 12.5 Å². The number of carboxylic acid groups (broad SMARTS) is 1. The molecule has 3 atom stereocenters. The van der Waals surface area contributed by atoms with Crippen LogP contribution in [0.25, 0.3) is 11.1 Å². The maximum Gasteiger partial charge on any atom is 0.408 e.